The van der Waals surface area contributed by atoms with E-state index in [1.165, 1.54) is 24.0 Å². The molecule has 7 atom stereocenters. The SMILES string of the molecule is C[C@H](NC(=O)[C@H](Cc1ccccc1)NC(=O)[C@H](CO)NC(=O)[C@H](Cc1c[nH]c2ccccc12)NC(=O)[C@H](CC(=O)O)NC(=O)[C@@H]1CCCN1C(=O)[C@@H](N)Cc1ccc(O)cc1)C(=O)O. The minimum atomic E-state index is -1.76. The molecule has 0 unspecified atom stereocenters. The van der Waals surface area contributed by atoms with Gasteiger partial charge in [-0.05, 0) is 61.1 Å². The third-order valence-electron chi connectivity index (χ3n) is 10.8. The highest BCUT2D eigenvalue weighted by Crippen LogP contribution is 2.22. The molecule has 64 heavy (non-hydrogen) atoms. The number of aliphatic hydroxyl groups is 1. The monoisotopic (exact) mass is 884 g/mol. The number of carboxylic acid groups (broad SMARTS) is 2. The van der Waals surface area contributed by atoms with E-state index < -0.39 is 103 Å². The average Bonchev–Trinajstić information content (AvgIpc) is 3.93. The maximum atomic E-state index is 14.1. The van der Waals surface area contributed by atoms with Gasteiger partial charge < -0.3 is 62.6 Å². The van der Waals surface area contributed by atoms with Gasteiger partial charge in [0.2, 0.25) is 35.4 Å². The number of nitrogens with zero attached hydrogens (tertiary/aromatic N) is 1. The first kappa shape index (κ1) is 47.7. The van der Waals surface area contributed by atoms with Crippen molar-refractivity contribution in [2.75, 3.05) is 13.2 Å². The number of aromatic amines is 1. The number of benzene rings is 3. The summed E-state index contributed by atoms with van der Waals surface area (Å²) in [5, 5.41) is 51.8. The lowest BCUT2D eigenvalue weighted by Gasteiger charge is -2.29. The van der Waals surface area contributed by atoms with Gasteiger partial charge in [-0.1, -0.05) is 60.7 Å². The summed E-state index contributed by atoms with van der Waals surface area (Å²) >= 11 is 0. The number of amides is 6. The zero-order valence-corrected chi connectivity index (χ0v) is 34.9. The molecule has 20 heteroatoms. The van der Waals surface area contributed by atoms with Crippen LogP contribution in [0.4, 0.5) is 0 Å². The number of nitrogens with one attached hydrogen (secondary N) is 6. The average molecular weight is 885 g/mol. The number of aliphatic hydroxyl groups excluding tert-OH is 1. The number of aromatic nitrogens is 1. The summed E-state index contributed by atoms with van der Waals surface area (Å²) < 4.78 is 0. The van der Waals surface area contributed by atoms with E-state index in [0.717, 1.165) is 0 Å². The molecule has 1 saturated heterocycles. The van der Waals surface area contributed by atoms with Gasteiger partial charge in [-0.15, -0.1) is 0 Å². The molecular weight excluding hydrogens is 833 g/mol. The number of carbonyl (C=O) groups excluding carboxylic acids is 6. The highest BCUT2D eigenvalue weighted by Gasteiger charge is 2.39. The number of carboxylic acids is 2. The zero-order chi connectivity index (χ0) is 46.5. The molecule has 12 N–H and O–H groups in total. The fraction of sp³-hybridized carbons (Fsp3) is 0.364. The van der Waals surface area contributed by atoms with Crippen molar-refractivity contribution in [1.29, 1.82) is 0 Å². The minimum Gasteiger partial charge on any atom is -0.508 e. The van der Waals surface area contributed by atoms with Gasteiger partial charge in [0, 0.05) is 36.5 Å². The standard InChI is InChI=1S/C44H52N8O12/c1-24(44(63)64)47-38(57)32(19-25-8-3-2-4-9-25)48-41(60)35(23-53)51-39(58)33(20-27-22-46-31-11-6-5-10-29(27)31)49-40(59)34(21-37(55)56)50-42(61)36-12-7-17-52(36)43(62)30(45)18-26-13-15-28(54)16-14-26/h2-6,8-11,13-16,22,24,30,32-36,46,53-54H,7,12,17-21,23,45H2,1H3,(H,47,57)(H,48,60)(H,49,59)(H,50,61)(H,51,58)(H,55,56)(H,63,64)/t24-,30-,32-,33-,34-,35-,36-/m0/s1. The third-order valence-corrected chi connectivity index (χ3v) is 10.8. The topological polar surface area (TPSA) is 323 Å². The van der Waals surface area contributed by atoms with Crippen molar-refractivity contribution >= 4 is 58.3 Å². The largest absolute Gasteiger partial charge is 0.508 e. The molecule has 0 radical (unpaired) electrons. The first-order valence-corrected chi connectivity index (χ1v) is 20.5. The van der Waals surface area contributed by atoms with Crippen LogP contribution in [-0.4, -0.2) is 133 Å². The number of phenolic OH excluding ortho intramolecular Hbond substituents is 1. The highest BCUT2D eigenvalue weighted by molar-refractivity contribution is 5.98. The van der Waals surface area contributed by atoms with Crippen LogP contribution in [-0.2, 0) is 57.6 Å². The van der Waals surface area contributed by atoms with E-state index in [1.807, 2.05) is 0 Å². The van der Waals surface area contributed by atoms with Gasteiger partial charge in [-0.25, -0.2) is 0 Å². The van der Waals surface area contributed by atoms with Crippen molar-refractivity contribution in [3.63, 3.8) is 0 Å². The second-order valence-electron chi connectivity index (χ2n) is 15.5. The Bertz CT molecular complexity index is 2320. The second kappa shape index (κ2) is 22.2. The second-order valence-corrected chi connectivity index (χ2v) is 15.5. The molecule has 0 spiro atoms. The Morgan fingerprint density at radius 3 is 1.95 bits per heavy atom. The molecular formula is C44H52N8O12. The fourth-order valence-electron chi connectivity index (χ4n) is 7.32. The van der Waals surface area contributed by atoms with Crippen LogP contribution in [0.5, 0.6) is 5.75 Å². The molecule has 1 fully saturated rings. The predicted octanol–water partition coefficient (Wildman–Crippen LogP) is -0.785. The van der Waals surface area contributed by atoms with Gasteiger partial charge in [0.15, 0.2) is 0 Å². The minimum absolute atomic E-state index is 0.0316. The molecule has 0 bridgehead atoms. The molecule has 6 amide bonds. The van der Waals surface area contributed by atoms with Crippen molar-refractivity contribution in [2.45, 2.75) is 87.7 Å². The first-order valence-electron chi connectivity index (χ1n) is 20.5. The van der Waals surface area contributed by atoms with Gasteiger partial charge >= 0.3 is 11.9 Å². The normalized spacial score (nSPS) is 16.3. The van der Waals surface area contributed by atoms with Crippen LogP contribution in [0.25, 0.3) is 10.9 Å². The lowest BCUT2D eigenvalue weighted by atomic mass is 10.0. The molecule has 1 aliphatic heterocycles. The van der Waals surface area contributed by atoms with E-state index in [-0.39, 0.29) is 38.0 Å². The van der Waals surface area contributed by atoms with Crippen LogP contribution in [0.2, 0.25) is 0 Å². The van der Waals surface area contributed by atoms with E-state index in [4.69, 9.17) is 5.73 Å². The summed E-state index contributed by atoms with van der Waals surface area (Å²) in [5.74, 6) is -8.13. The third kappa shape index (κ3) is 12.9. The number of phenols is 1. The Morgan fingerprint density at radius 2 is 1.30 bits per heavy atom. The first-order chi connectivity index (χ1) is 30.5. The van der Waals surface area contributed by atoms with E-state index >= 15 is 0 Å². The zero-order valence-electron chi connectivity index (χ0n) is 34.9. The van der Waals surface area contributed by atoms with Crippen molar-refractivity contribution < 1.29 is 58.8 Å². The number of aromatic hydroxyl groups is 1. The van der Waals surface area contributed by atoms with Gasteiger partial charge in [0.25, 0.3) is 0 Å². The molecule has 1 aromatic heterocycles. The van der Waals surface area contributed by atoms with Gasteiger partial charge in [0.05, 0.1) is 19.1 Å². The van der Waals surface area contributed by atoms with Crippen LogP contribution in [0.15, 0.2) is 85.1 Å². The summed E-state index contributed by atoms with van der Waals surface area (Å²) in [5.41, 5.74) is 8.70. The van der Waals surface area contributed by atoms with Crippen LogP contribution >= 0.6 is 0 Å². The van der Waals surface area contributed by atoms with E-state index in [9.17, 15) is 58.8 Å². The Hall–Kier alpha value is -7.32. The summed E-state index contributed by atoms with van der Waals surface area (Å²) in [6.07, 6.45) is 1.05. The van der Waals surface area contributed by atoms with E-state index in [1.54, 1.807) is 72.9 Å². The molecule has 4 aromatic rings. The number of H-pyrrole nitrogens is 1. The van der Waals surface area contributed by atoms with Gasteiger partial charge in [-0.2, -0.15) is 0 Å². The van der Waals surface area contributed by atoms with Crippen LogP contribution < -0.4 is 32.3 Å². The predicted molar refractivity (Wildman–Crippen MR) is 229 cm³/mol. The number of likely N-dealkylation sites (tertiary alicyclic amines) is 1. The molecule has 1 aliphatic rings. The van der Waals surface area contributed by atoms with Crippen molar-refractivity contribution in [2.24, 2.45) is 5.73 Å². The number of aliphatic carboxylic acids is 2. The molecule has 0 saturated carbocycles. The van der Waals surface area contributed by atoms with Crippen molar-refractivity contribution in [3.8, 4) is 5.75 Å². The Kier molecular flexibility index (Phi) is 16.5. The number of carbonyl (C=O) groups is 8. The summed E-state index contributed by atoms with van der Waals surface area (Å²) in [4.78, 5) is 110. The lowest BCUT2D eigenvalue weighted by Crippen LogP contribution is -2.61. The maximum absolute atomic E-state index is 14.1. The summed E-state index contributed by atoms with van der Waals surface area (Å²) in [6.45, 7) is 0.418. The molecule has 2 heterocycles. The number of rotatable bonds is 21. The quantitative estimate of drug-likeness (QED) is 0.0490. The summed E-state index contributed by atoms with van der Waals surface area (Å²) in [6, 6.07) is 11.8. The fourth-order valence-corrected chi connectivity index (χ4v) is 7.32. The molecule has 0 aliphatic carbocycles. The van der Waals surface area contributed by atoms with Crippen LogP contribution in [0.3, 0.4) is 0 Å². The van der Waals surface area contributed by atoms with E-state index in [0.29, 0.717) is 34.0 Å². The van der Waals surface area contributed by atoms with Crippen molar-refractivity contribution in [1.82, 2.24) is 36.5 Å². The molecule has 340 valence electrons. The van der Waals surface area contributed by atoms with Gasteiger partial charge in [-0.3, -0.25) is 38.4 Å². The Labute approximate surface area is 367 Å². The molecule has 20 nitrogen and oxygen atoms in total. The number of fused-ring (bicyclic) bond motifs is 1. The number of nitrogens with two attached hydrogens (primary N) is 1. The smallest absolute Gasteiger partial charge is 0.325 e. The lowest BCUT2D eigenvalue weighted by molar-refractivity contribution is -0.143. The van der Waals surface area contributed by atoms with E-state index in [2.05, 4.69) is 31.6 Å². The van der Waals surface area contributed by atoms with Crippen LogP contribution in [0.1, 0.15) is 42.9 Å². The summed E-state index contributed by atoms with van der Waals surface area (Å²) in [7, 11) is 0. The number of hydrogen-bond acceptors (Lipinski definition) is 11. The highest BCUT2D eigenvalue weighted by atomic mass is 16.4. The maximum Gasteiger partial charge on any atom is 0.325 e. The Morgan fingerprint density at radius 1 is 0.719 bits per heavy atom. The Balaban J connectivity index is 1.34. The van der Waals surface area contributed by atoms with Crippen LogP contribution in [0, 0.1) is 0 Å². The number of hydrogen-bond donors (Lipinski definition) is 11. The molecule has 5 rings (SSSR count). The van der Waals surface area contributed by atoms with Gasteiger partial charge in [0.1, 0.15) is 42.0 Å². The molecule has 3 aromatic carbocycles. The van der Waals surface area contributed by atoms with Crippen molar-refractivity contribution in [3.05, 3.63) is 102 Å². The number of para-hydroxylation sites is 1.